The van der Waals surface area contributed by atoms with Gasteiger partial charge >= 0.3 is 0 Å². The number of hydrogen-bond donors (Lipinski definition) is 0. The number of hydrogen-bond acceptors (Lipinski definition) is 4. The first kappa shape index (κ1) is 15.1. The van der Waals surface area contributed by atoms with Gasteiger partial charge in [-0.1, -0.05) is 30.3 Å². The van der Waals surface area contributed by atoms with E-state index in [4.69, 9.17) is 8.83 Å². The number of nitrogens with zero attached hydrogens (tertiary/aromatic N) is 2. The first-order valence-electron chi connectivity index (χ1n) is 7.52. The van der Waals surface area contributed by atoms with E-state index in [1.807, 2.05) is 43.3 Å². The van der Waals surface area contributed by atoms with Crippen LogP contribution in [0.1, 0.15) is 28.9 Å². The number of aryl methyl sites for hydroxylation is 1. The van der Waals surface area contributed by atoms with E-state index >= 15 is 0 Å². The van der Waals surface area contributed by atoms with Gasteiger partial charge in [0.15, 0.2) is 17.3 Å². The summed E-state index contributed by atoms with van der Waals surface area (Å²) in [6.07, 6.45) is 3.24. The highest BCUT2D eigenvalue weighted by Gasteiger charge is 2.24. The van der Waals surface area contributed by atoms with E-state index in [0.29, 0.717) is 30.4 Å². The smallest absolute Gasteiger partial charge is 0.276 e. The number of oxazole rings is 1. The Hall–Kier alpha value is -2.82. The van der Waals surface area contributed by atoms with Gasteiger partial charge in [0.05, 0.1) is 12.5 Å². The number of carbonyl (C=O) groups is 1. The molecular formula is C18H18N2O3. The molecule has 1 amide bonds. The zero-order valence-electron chi connectivity index (χ0n) is 13.2. The van der Waals surface area contributed by atoms with E-state index in [1.165, 1.54) is 0 Å². The van der Waals surface area contributed by atoms with Gasteiger partial charge < -0.3 is 13.7 Å². The van der Waals surface area contributed by atoms with Crippen LogP contribution in [0.5, 0.6) is 0 Å². The summed E-state index contributed by atoms with van der Waals surface area (Å²) in [7, 11) is 0. The van der Waals surface area contributed by atoms with E-state index in [-0.39, 0.29) is 5.91 Å². The Bertz CT molecular complexity index is 776. The van der Waals surface area contributed by atoms with E-state index in [9.17, 15) is 4.79 Å². The quantitative estimate of drug-likeness (QED) is 0.717. The minimum atomic E-state index is -0.149. The second-order valence-corrected chi connectivity index (χ2v) is 5.23. The summed E-state index contributed by atoms with van der Waals surface area (Å²) in [6.45, 7) is 4.73. The average molecular weight is 310 g/mol. The molecule has 5 heteroatoms. The summed E-state index contributed by atoms with van der Waals surface area (Å²) in [5, 5.41) is 0. The molecular weight excluding hydrogens is 292 g/mol. The second kappa shape index (κ2) is 6.52. The van der Waals surface area contributed by atoms with E-state index < -0.39 is 0 Å². The first-order valence-corrected chi connectivity index (χ1v) is 7.52. The molecule has 2 aromatic heterocycles. The van der Waals surface area contributed by atoms with Crippen LogP contribution >= 0.6 is 0 Å². The molecule has 23 heavy (non-hydrogen) atoms. The van der Waals surface area contributed by atoms with Crippen molar-refractivity contribution in [2.75, 3.05) is 6.54 Å². The standard InChI is InChI=1S/C18H18N2O3/c1-3-20(11-14-9-10-22-12-14)18(21)16-17(23-13(2)19-16)15-7-5-4-6-8-15/h4-10,12H,3,11H2,1-2H3. The number of carbonyl (C=O) groups excluding carboxylic acids is 1. The normalized spacial score (nSPS) is 10.7. The molecule has 3 rings (SSSR count). The molecule has 0 spiro atoms. The molecule has 0 saturated carbocycles. The third-order valence-electron chi connectivity index (χ3n) is 3.60. The third kappa shape index (κ3) is 3.18. The van der Waals surface area contributed by atoms with Gasteiger partial charge in [0.2, 0.25) is 0 Å². The van der Waals surface area contributed by atoms with E-state index in [2.05, 4.69) is 4.98 Å². The lowest BCUT2D eigenvalue weighted by molar-refractivity contribution is 0.0747. The van der Waals surface area contributed by atoms with Gasteiger partial charge in [-0.3, -0.25) is 4.79 Å². The highest BCUT2D eigenvalue weighted by Crippen LogP contribution is 2.26. The van der Waals surface area contributed by atoms with Crippen LogP contribution in [-0.2, 0) is 6.54 Å². The van der Waals surface area contributed by atoms with Crippen molar-refractivity contribution >= 4 is 5.91 Å². The molecule has 2 heterocycles. The lowest BCUT2D eigenvalue weighted by Crippen LogP contribution is -2.30. The summed E-state index contributed by atoms with van der Waals surface area (Å²) in [5.41, 5.74) is 2.14. The number of aromatic nitrogens is 1. The predicted molar refractivity (Wildman–Crippen MR) is 85.8 cm³/mol. The van der Waals surface area contributed by atoms with Gasteiger partial charge in [0, 0.05) is 31.1 Å². The van der Waals surface area contributed by atoms with Crippen LogP contribution in [0.2, 0.25) is 0 Å². The van der Waals surface area contributed by atoms with E-state index in [1.54, 1.807) is 24.3 Å². The maximum atomic E-state index is 12.9. The third-order valence-corrected chi connectivity index (χ3v) is 3.60. The van der Waals surface area contributed by atoms with Gasteiger partial charge in [0.25, 0.3) is 5.91 Å². The lowest BCUT2D eigenvalue weighted by Gasteiger charge is -2.19. The van der Waals surface area contributed by atoms with Crippen LogP contribution in [0.3, 0.4) is 0 Å². The summed E-state index contributed by atoms with van der Waals surface area (Å²) in [4.78, 5) is 18.9. The monoisotopic (exact) mass is 310 g/mol. The van der Waals surface area contributed by atoms with Crippen molar-refractivity contribution in [3.8, 4) is 11.3 Å². The van der Waals surface area contributed by atoms with Crippen molar-refractivity contribution in [3.63, 3.8) is 0 Å². The van der Waals surface area contributed by atoms with Crippen LogP contribution < -0.4 is 0 Å². The summed E-state index contributed by atoms with van der Waals surface area (Å²) < 4.78 is 10.7. The Labute approximate surface area is 134 Å². The fourth-order valence-electron chi connectivity index (χ4n) is 2.44. The highest BCUT2D eigenvalue weighted by molar-refractivity contribution is 5.97. The molecule has 0 atom stereocenters. The molecule has 3 aromatic rings. The Morgan fingerprint density at radius 1 is 1.22 bits per heavy atom. The van der Waals surface area contributed by atoms with Crippen molar-refractivity contribution in [3.05, 3.63) is 66.1 Å². The topological polar surface area (TPSA) is 59.5 Å². The van der Waals surface area contributed by atoms with Gasteiger partial charge in [-0.25, -0.2) is 4.98 Å². The lowest BCUT2D eigenvalue weighted by atomic mass is 10.1. The van der Waals surface area contributed by atoms with Crippen LogP contribution in [0, 0.1) is 6.92 Å². The number of furan rings is 1. The minimum absolute atomic E-state index is 0.149. The zero-order valence-corrected chi connectivity index (χ0v) is 13.2. The predicted octanol–water partition coefficient (Wildman–Crippen LogP) is 3.91. The minimum Gasteiger partial charge on any atom is -0.472 e. The van der Waals surface area contributed by atoms with Crippen LogP contribution in [-0.4, -0.2) is 22.3 Å². The average Bonchev–Trinajstić information content (AvgIpc) is 3.22. The SMILES string of the molecule is CCN(Cc1ccoc1)C(=O)c1nc(C)oc1-c1ccccc1. The van der Waals surface area contributed by atoms with Gasteiger partial charge in [0.1, 0.15) is 0 Å². The van der Waals surface area contributed by atoms with Crippen molar-refractivity contribution < 1.29 is 13.6 Å². The number of rotatable bonds is 5. The Kier molecular flexibility index (Phi) is 4.28. The molecule has 5 nitrogen and oxygen atoms in total. The van der Waals surface area contributed by atoms with Crippen LogP contribution in [0.15, 0.2) is 57.8 Å². The fraction of sp³-hybridized carbons (Fsp3) is 0.222. The zero-order chi connectivity index (χ0) is 16.2. The Morgan fingerprint density at radius 3 is 2.65 bits per heavy atom. The van der Waals surface area contributed by atoms with Crippen LogP contribution in [0.4, 0.5) is 0 Å². The molecule has 0 unspecified atom stereocenters. The van der Waals surface area contributed by atoms with Crippen molar-refractivity contribution in [1.29, 1.82) is 0 Å². The van der Waals surface area contributed by atoms with Crippen molar-refractivity contribution in [2.24, 2.45) is 0 Å². The summed E-state index contributed by atoms with van der Waals surface area (Å²) in [6, 6.07) is 11.4. The van der Waals surface area contributed by atoms with Crippen molar-refractivity contribution in [1.82, 2.24) is 9.88 Å². The molecule has 0 aliphatic heterocycles. The molecule has 0 saturated heterocycles. The molecule has 0 aliphatic rings. The second-order valence-electron chi connectivity index (χ2n) is 5.23. The fourth-order valence-corrected chi connectivity index (χ4v) is 2.44. The van der Waals surface area contributed by atoms with Gasteiger partial charge in [-0.2, -0.15) is 0 Å². The summed E-state index contributed by atoms with van der Waals surface area (Å²) >= 11 is 0. The molecule has 1 aromatic carbocycles. The highest BCUT2D eigenvalue weighted by atomic mass is 16.4. The summed E-state index contributed by atoms with van der Waals surface area (Å²) in [5.74, 6) is 0.842. The molecule has 118 valence electrons. The largest absolute Gasteiger partial charge is 0.472 e. The molecule has 0 radical (unpaired) electrons. The maximum Gasteiger partial charge on any atom is 0.276 e. The Morgan fingerprint density at radius 2 is 2.00 bits per heavy atom. The maximum absolute atomic E-state index is 12.9. The first-order chi connectivity index (χ1) is 11.2. The Balaban J connectivity index is 1.92. The molecule has 0 bridgehead atoms. The molecule has 0 N–H and O–H groups in total. The van der Waals surface area contributed by atoms with E-state index in [0.717, 1.165) is 11.1 Å². The van der Waals surface area contributed by atoms with Crippen molar-refractivity contribution in [2.45, 2.75) is 20.4 Å². The van der Waals surface area contributed by atoms with Gasteiger partial charge in [-0.15, -0.1) is 0 Å². The van der Waals surface area contributed by atoms with Crippen LogP contribution in [0.25, 0.3) is 11.3 Å². The molecule has 0 fully saturated rings. The van der Waals surface area contributed by atoms with Gasteiger partial charge in [-0.05, 0) is 13.0 Å². The molecule has 0 aliphatic carbocycles. The number of amides is 1. The number of benzene rings is 1.